The molecule has 0 unspecified atom stereocenters. The van der Waals surface area contributed by atoms with Crippen LogP contribution in [-0.4, -0.2) is 15.5 Å². The van der Waals surface area contributed by atoms with Gasteiger partial charge in [-0.15, -0.1) is 0 Å². The molecule has 1 aromatic carbocycles. The number of nitrogens with zero attached hydrogens (tertiary/aromatic N) is 2. The summed E-state index contributed by atoms with van der Waals surface area (Å²) in [4.78, 5) is 16.0. The lowest BCUT2D eigenvalue weighted by atomic mass is 10.1. The molecule has 1 N–H and O–H groups in total. The summed E-state index contributed by atoms with van der Waals surface area (Å²) in [6.07, 6.45) is 5.08. The van der Waals surface area contributed by atoms with E-state index < -0.39 is 0 Å². The normalized spacial score (nSPS) is 10.7. The molecule has 0 fully saturated rings. The van der Waals surface area contributed by atoms with E-state index in [-0.39, 0.29) is 5.91 Å². The zero-order valence-corrected chi connectivity index (χ0v) is 13.4. The van der Waals surface area contributed by atoms with Gasteiger partial charge in [0.1, 0.15) is 18.2 Å². The van der Waals surface area contributed by atoms with Crippen molar-refractivity contribution in [2.24, 2.45) is 13.0 Å². The van der Waals surface area contributed by atoms with Gasteiger partial charge in [0.2, 0.25) is 5.91 Å². The molecule has 0 spiro atoms. The molecule has 0 aliphatic carbocycles. The Morgan fingerprint density at radius 3 is 2.64 bits per heavy atom. The summed E-state index contributed by atoms with van der Waals surface area (Å²) in [7, 11) is 1.93. The summed E-state index contributed by atoms with van der Waals surface area (Å²) >= 11 is 0. The number of benzene rings is 1. The predicted molar refractivity (Wildman–Crippen MR) is 86.7 cm³/mol. The summed E-state index contributed by atoms with van der Waals surface area (Å²) in [6, 6.07) is 7.39. The Bertz CT molecular complexity index is 603. The molecule has 118 valence electrons. The third kappa shape index (κ3) is 4.91. The van der Waals surface area contributed by atoms with E-state index in [0.717, 1.165) is 23.7 Å². The van der Waals surface area contributed by atoms with Gasteiger partial charge in [-0.3, -0.25) is 4.79 Å². The highest BCUT2D eigenvalue weighted by molar-refractivity contribution is 5.90. The Morgan fingerprint density at radius 1 is 1.32 bits per heavy atom. The van der Waals surface area contributed by atoms with E-state index in [1.807, 2.05) is 42.1 Å². The van der Waals surface area contributed by atoms with Crippen molar-refractivity contribution in [3.05, 3.63) is 42.5 Å². The van der Waals surface area contributed by atoms with Crippen molar-refractivity contribution in [1.82, 2.24) is 9.55 Å². The number of carbonyl (C=O) groups excluding carboxylic acids is 1. The first-order valence-electron chi connectivity index (χ1n) is 7.53. The van der Waals surface area contributed by atoms with Gasteiger partial charge >= 0.3 is 0 Å². The number of hydrogen-bond acceptors (Lipinski definition) is 3. The highest BCUT2D eigenvalue weighted by Crippen LogP contribution is 2.17. The second kappa shape index (κ2) is 7.64. The fourth-order valence-electron chi connectivity index (χ4n) is 1.96. The van der Waals surface area contributed by atoms with E-state index in [2.05, 4.69) is 24.1 Å². The van der Waals surface area contributed by atoms with Gasteiger partial charge in [-0.05, 0) is 36.6 Å². The molecule has 1 amide bonds. The van der Waals surface area contributed by atoms with Crippen LogP contribution in [0.4, 0.5) is 5.69 Å². The summed E-state index contributed by atoms with van der Waals surface area (Å²) in [6.45, 7) is 4.64. The van der Waals surface area contributed by atoms with E-state index in [9.17, 15) is 4.79 Å². The van der Waals surface area contributed by atoms with Crippen LogP contribution in [0.25, 0.3) is 0 Å². The first-order valence-corrected chi connectivity index (χ1v) is 7.53. The zero-order chi connectivity index (χ0) is 15.9. The zero-order valence-electron chi connectivity index (χ0n) is 13.4. The van der Waals surface area contributed by atoms with Gasteiger partial charge in [-0.25, -0.2) is 4.98 Å². The SMILES string of the molecule is CC(C)CCC(=O)Nc1ccc(OCc2nccn2C)cc1. The minimum absolute atomic E-state index is 0.0513. The third-order valence-corrected chi connectivity index (χ3v) is 3.38. The van der Waals surface area contributed by atoms with Gasteiger partial charge in [-0.1, -0.05) is 13.8 Å². The van der Waals surface area contributed by atoms with Gasteiger partial charge in [0.15, 0.2) is 0 Å². The van der Waals surface area contributed by atoms with E-state index in [1.165, 1.54) is 0 Å². The lowest BCUT2D eigenvalue weighted by molar-refractivity contribution is -0.116. The van der Waals surface area contributed by atoms with Crippen LogP contribution in [0.2, 0.25) is 0 Å². The largest absolute Gasteiger partial charge is 0.486 e. The van der Waals surface area contributed by atoms with Gasteiger partial charge in [0, 0.05) is 31.5 Å². The number of imidazole rings is 1. The minimum Gasteiger partial charge on any atom is -0.486 e. The fourth-order valence-corrected chi connectivity index (χ4v) is 1.96. The number of carbonyl (C=O) groups is 1. The Kier molecular flexibility index (Phi) is 5.58. The topological polar surface area (TPSA) is 56.1 Å². The summed E-state index contributed by atoms with van der Waals surface area (Å²) in [5.74, 6) is 2.21. The van der Waals surface area contributed by atoms with Crippen molar-refractivity contribution in [3.63, 3.8) is 0 Å². The number of aryl methyl sites for hydroxylation is 1. The minimum atomic E-state index is 0.0513. The fraction of sp³-hybridized carbons (Fsp3) is 0.412. The second-order valence-electron chi connectivity index (χ2n) is 5.75. The number of hydrogen-bond donors (Lipinski definition) is 1. The lowest BCUT2D eigenvalue weighted by Gasteiger charge is -2.09. The summed E-state index contributed by atoms with van der Waals surface area (Å²) in [5, 5.41) is 2.89. The van der Waals surface area contributed by atoms with Crippen molar-refractivity contribution >= 4 is 11.6 Å². The van der Waals surface area contributed by atoms with E-state index in [4.69, 9.17) is 4.74 Å². The molecule has 0 aliphatic rings. The highest BCUT2D eigenvalue weighted by Gasteiger charge is 2.05. The Hall–Kier alpha value is -2.30. The molecule has 0 atom stereocenters. The van der Waals surface area contributed by atoms with Crippen LogP contribution < -0.4 is 10.1 Å². The first kappa shape index (κ1) is 16.1. The van der Waals surface area contributed by atoms with Crippen LogP contribution >= 0.6 is 0 Å². The standard InChI is InChI=1S/C17H23N3O2/c1-13(2)4-9-17(21)19-14-5-7-15(8-6-14)22-12-16-18-10-11-20(16)3/h5-8,10-11,13H,4,9,12H2,1-3H3,(H,19,21). The van der Waals surface area contributed by atoms with Crippen molar-refractivity contribution < 1.29 is 9.53 Å². The van der Waals surface area contributed by atoms with Crippen molar-refractivity contribution in [1.29, 1.82) is 0 Å². The number of aromatic nitrogens is 2. The van der Waals surface area contributed by atoms with E-state index >= 15 is 0 Å². The van der Waals surface area contributed by atoms with Crippen molar-refractivity contribution in [3.8, 4) is 5.75 Å². The summed E-state index contributed by atoms with van der Waals surface area (Å²) in [5.41, 5.74) is 0.790. The average Bonchev–Trinajstić information content (AvgIpc) is 2.90. The highest BCUT2D eigenvalue weighted by atomic mass is 16.5. The number of anilines is 1. The van der Waals surface area contributed by atoms with Crippen LogP contribution in [0, 0.1) is 5.92 Å². The van der Waals surface area contributed by atoms with Gasteiger partial charge in [0.25, 0.3) is 0 Å². The second-order valence-corrected chi connectivity index (χ2v) is 5.75. The molecule has 5 heteroatoms. The molecule has 1 heterocycles. The Labute approximate surface area is 131 Å². The van der Waals surface area contributed by atoms with Crippen LogP contribution in [0.3, 0.4) is 0 Å². The maximum atomic E-state index is 11.8. The molecule has 0 radical (unpaired) electrons. The first-order chi connectivity index (χ1) is 10.5. The maximum absolute atomic E-state index is 11.8. The molecule has 0 saturated heterocycles. The maximum Gasteiger partial charge on any atom is 0.224 e. The van der Waals surface area contributed by atoms with Gasteiger partial charge in [0.05, 0.1) is 0 Å². The van der Waals surface area contributed by atoms with Crippen LogP contribution in [0.15, 0.2) is 36.7 Å². The molecular weight excluding hydrogens is 278 g/mol. The monoisotopic (exact) mass is 301 g/mol. The molecule has 0 saturated carbocycles. The molecule has 0 bridgehead atoms. The summed E-state index contributed by atoms with van der Waals surface area (Å²) < 4.78 is 7.59. The lowest BCUT2D eigenvalue weighted by Crippen LogP contribution is -2.12. The average molecular weight is 301 g/mol. The third-order valence-electron chi connectivity index (χ3n) is 3.38. The molecule has 0 aliphatic heterocycles. The quantitative estimate of drug-likeness (QED) is 0.853. The molecular formula is C17H23N3O2. The van der Waals surface area contributed by atoms with E-state index in [0.29, 0.717) is 18.9 Å². The van der Waals surface area contributed by atoms with Crippen molar-refractivity contribution in [2.75, 3.05) is 5.32 Å². The molecule has 5 nitrogen and oxygen atoms in total. The van der Waals surface area contributed by atoms with Gasteiger partial charge in [-0.2, -0.15) is 0 Å². The number of amides is 1. The predicted octanol–water partition coefficient (Wildman–Crippen LogP) is 3.37. The molecule has 1 aromatic heterocycles. The van der Waals surface area contributed by atoms with Crippen molar-refractivity contribution in [2.45, 2.75) is 33.3 Å². The number of rotatable bonds is 7. The molecule has 22 heavy (non-hydrogen) atoms. The Balaban J connectivity index is 1.82. The molecule has 2 rings (SSSR count). The molecule has 2 aromatic rings. The van der Waals surface area contributed by atoms with Crippen LogP contribution in [0.1, 0.15) is 32.5 Å². The number of nitrogens with one attached hydrogen (secondary N) is 1. The van der Waals surface area contributed by atoms with Crippen LogP contribution in [0.5, 0.6) is 5.75 Å². The smallest absolute Gasteiger partial charge is 0.224 e. The van der Waals surface area contributed by atoms with E-state index in [1.54, 1.807) is 6.20 Å². The number of ether oxygens (including phenoxy) is 1. The van der Waals surface area contributed by atoms with Crippen LogP contribution in [-0.2, 0) is 18.4 Å². The van der Waals surface area contributed by atoms with Gasteiger partial charge < -0.3 is 14.6 Å². The Morgan fingerprint density at radius 2 is 2.05 bits per heavy atom.